The summed E-state index contributed by atoms with van der Waals surface area (Å²) in [6.07, 6.45) is 6.35. The van der Waals surface area contributed by atoms with Gasteiger partial charge in [0, 0.05) is 22.9 Å². The molecule has 7 heteroatoms. The summed E-state index contributed by atoms with van der Waals surface area (Å²) in [5, 5.41) is 6.94. The molecule has 0 aliphatic carbocycles. The van der Waals surface area contributed by atoms with E-state index in [1.807, 2.05) is 24.3 Å². The Labute approximate surface area is 159 Å². The molecule has 0 heterocycles. The van der Waals surface area contributed by atoms with E-state index >= 15 is 0 Å². The Balaban J connectivity index is 0.000000443. The standard InChI is InChI=1S/2C9H12N3.Fe/c2*10-12-11-8-4-3-7-9-5-1-2-6-9;/h2*1-2,5-6H,3-4,7-8H2;/q2*-1;+2. The normalized spacial score (nSPS) is 8.96. The van der Waals surface area contributed by atoms with E-state index in [1.165, 1.54) is 11.1 Å². The second-order valence-corrected chi connectivity index (χ2v) is 5.41. The average molecular weight is 380 g/mol. The SMILES string of the molecule is [Fe+2].[N-]=[N+]=NCCCC[c-]1cccc1.[N-]=[N+]=NCCCCc1ccc[cH-]1. The van der Waals surface area contributed by atoms with E-state index in [9.17, 15) is 0 Å². The Hall–Kier alpha value is -2.16. The first-order chi connectivity index (χ1) is 11.9. The van der Waals surface area contributed by atoms with Crippen LogP contribution in [0.2, 0.25) is 0 Å². The summed E-state index contributed by atoms with van der Waals surface area (Å²) in [7, 11) is 0. The molecule has 0 aliphatic rings. The monoisotopic (exact) mass is 380 g/mol. The first kappa shape index (κ1) is 22.8. The zero-order valence-corrected chi connectivity index (χ0v) is 15.4. The molecule has 0 bridgehead atoms. The van der Waals surface area contributed by atoms with Crippen molar-refractivity contribution in [2.75, 3.05) is 13.1 Å². The van der Waals surface area contributed by atoms with Crippen molar-refractivity contribution < 1.29 is 17.1 Å². The van der Waals surface area contributed by atoms with Gasteiger partial charge in [0.2, 0.25) is 0 Å². The molecular formula is C18H24FeN6. The number of nitrogens with zero attached hydrogens (tertiary/aromatic N) is 6. The van der Waals surface area contributed by atoms with Gasteiger partial charge in [-0.2, -0.15) is 35.4 Å². The van der Waals surface area contributed by atoms with Gasteiger partial charge >= 0.3 is 17.1 Å². The molecule has 25 heavy (non-hydrogen) atoms. The minimum atomic E-state index is 0. The topological polar surface area (TPSA) is 97.5 Å². The molecule has 0 spiro atoms. The van der Waals surface area contributed by atoms with Crippen molar-refractivity contribution in [3.8, 4) is 0 Å². The summed E-state index contributed by atoms with van der Waals surface area (Å²) >= 11 is 0. The summed E-state index contributed by atoms with van der Waals surface area (Å²) in [6, 6.07) is 16.7. The molecule has 6 nitrogen and oxygen atoms in total. The predicted molar refractivity (Wildman–Crippen MR) is 98.0 cm³/mol. The Morgan fingerprint density at radius 3 is 2.12 bits per heavy atom. The molecular weight excluding hydrogens is 356 g/mol. The Morgan fingerprint density at radius 2 is 1.56 bits per heavy atom. The van der Waals surface area contributed by atoms with Crippen molar-refractivity contribution in [1.29, 1.82) is 0 Å². The molecule has 0 N–H and O–H groups in total. The van der Waals surface area contributed by atoms with E-state index in [1.54, 1.807) is 0 Å². The van der Waals surface area contributed by atoms with E-state index in [0.717, 1.165) is 38.5 Å². The molecule has 0 unspecified atom stereocenters. The maximum atomic E-state index is 8.01. The Kier molecular flexibility index (Phi) is 15.2. The van der Waals surface area contributed by atoms with E-state index in [4.69, 9.17) is 11.1 Å². The molecule has 2 aromatic carbocycles. The van der Waals surface area contributed by atoms with Crippen molar-refractivity contribution in [2.24, 2.45) is 10.2 Å². The van der Waals surface area contributed by atoms with Gasteiger partial charge in [0.1, 0.15) is 0 Å². The molecule has 2 rings (SSSR count). The van der Waals surface area contributed by atoms with Gasteiger partial charge < -0.3 is 0 Å². The molecule has 0 saturated heterocycles. The van der Waals surface area contributed by atoms with E-state index in [-0.39, 0.29) is 17.1 Å². The molecule has 0 amide bonds. The van der Waals surface area contributed by atoms with Crippen LogP contribution in [0.15, 0.2) is 58.8 Å². The van der Waals surface area contributed by atoms with Crippen LogP contribution in [0.25, 0.3) is 20.9 Å². The quantitative estimate of drug-likeness (QED) is 0.119. The fourth-order valence-electron chi connectivity index (χ4n) is 2.27. The van der Waals surface area contributed by atoms with Gasteiger partial charge in [-0.3, -0.25) is 0 Å². The second kappa shape index (κ2) is 16.7. The van der Waals surface area contributed by atoms with Crippen LogP contribution in [0.5, 0.6) is 0 Å². The van der Waals surface area contributed by atoms with Gasteiger partial charge in [-0.25, -0.2) is 24.3 Å². The fourth-order valence-corrected chi connectivity index (χ4v) is 2.27. The molecule has 0 aromatic heterocycles. The minimum absolute atomic E-state index is 0. The molecule has 2 aromatic rings. The predicted octanol–water partition coefficient (Wildman–Crippen LogP) is 6.07. The summed E-state index contributed by atoms with van der Waals surface area (Å²) in [4.78, 5) is 5.39. The molecule has 0 saturated carbocycles. The minimum Gasteiger partial charge on any atom is -0.213 e. The van der Waals surface area contributed by atoms with E-state index in [2.05, 4.69) is 44.3 Å². The van der Waals surface area contributed by atoms with Gasteiger partial charge in [0.25, 0.3) is 0 Å². The maximum Gasteiger partial charge on any atom is 2.00 e. The van der Waals surface area contributed by atoms with Gasteiger partial charge in [0.15, 0.2) is 0 Å². The van der Waals surface area contributed by atoms with Crippen LogP contribution in [-0.4, -0.2) is 13.1 Å². The first-order valence-electron chi connectivity index (χ1n) is 8.29. The number of aryl methyl sites for hydroxylation is 2. The summed E-state index contributed by atoms with van der Waals surface area (Å²) in [5.74, 6) is 0. The van der Waals surface area contributed by atoms with Crippen molar-refractivity contribution in [3.05, 3.63) is 80.5 Å². The van der Waals surface area contributed by atoms with E-state index in [0.29, 0.717) is 13.1 Å². The van der Waals surface area contributed by atoms with Crippen molar-refractivity contribution in [2.45, 2.75) is 38.5 Å². The zero-order valence-electron chi connectivity index (χ0n) is 14.3. The molecule has 0 fully saturated rings. The maximum absolute atomic E-state index is 8.01. The first-order valence-corrected chi connectivity index (χ1v) is 8.29. The third-order valence-corrected chi connectivity index (χ3v) is 3.54. The average Bonchev–Trinajstić information content (AvgIpc) is 3.29. The summed E-state index contributed by atoms with van der Waals surface area (Å²) in [6.45, 7) is 1.24. The van der Waals surface area contributed by atoms with Crippen molar-refractivity contribution in [1.82, 2.24) is 0 Å². The van der Waals surface area contributed by atoms with Crippen LogP contribution >= 0.6 is 0 Å². The smallest absolute Gasteiger partial charge is 0.213 e. The third-order valence-electron chi connectivity index (χ3n) is 3.54. The summed E-state index contributed by atoms with van der Waals surface area (Å²) < 4.78 is 0. The van der Waals surface area contributed by atoms with Gasteiger partial charge in [0.05, 0.1) is 0 Å². The van der Waals surface area contributed by atoms with E-state index < -0.39 is 0 Å². The van der Waals surface area contributed by atoms with Crippen molar-refractivity contribution >= 4 is 0 Å². The number of rotatable bonds is 10. The van der Waals surface area contributed by atoms with Gasteiger partial charge in [-0.1, -0.05) is 35.9 Å². The number of unbranched alkanes of at least 4 members (excludes halogenated alkanes) is 2. The Morgan fingerprint density at radius 1 is 0.920 bits per heavy atom. The largest absolute Gasteiger partial charge is 2.00 e. The van der Waals surface area contributed by atoms with Crippen LogP contribution in [0, 0.1) is 0 Å². The Bertz CT molecular complexity index is 552. The fraction of sp³-hybridized carbons (Fsp3) is 0.444. The van der Waals surface area contributed by atoms with Crippen LogP contribution in [-0.2, 0) is 29.9 Å². The number of hydrogen-bond donors (Lipinski definition) is 0. The zero-order chi connectivity index (χ0) is 17.3. The van der Waals surface area contributed by atoms with Gasteiger partial charge in [-0.05, 0) is 23.9 Å². The van der Waals surface area contributed by atoms with Crippen molar-refractivity contribution in [3.63, 3.8) is 0 Å². The number of hydrogen-bond acceptors (Lipinski definition) is 2. The number of azide groups is 2. The second-order valence-electron chi connectivity index (χ2n) is 5.41. The summed E-state index contributed by atoms with van der Waals surface area (Å²) in [5.41, 5.74) is 18.8. The van der Waals surface area contributed by atoms with Crippen LogP contribution in [0.1, 0.15) is 36.8 Å². The van der Waals surface area contributed by atoms with Crippen LogP contribution < -0.4 is 0 Å². The molecule has 0 aliphatic heterocycles. The van der Waals surface area contributed by atoms with Gasteiger partial charge in [-0.15, -0.1) is 0 Å². The molecule has 0 atom stereocenters. The molecule has 0 radical (unpaired) electrons. The van der Waals surface area contributed by atoms with Crippen LogP contribution in [0.3, 0.4) is 0 Å². The third kappa shape index (κ3) is 12.9. The van der Waals surface area contributed by atoms with Crippen LogP contribution in [0.4, 0.5) is 0 Å². The molecule has 134 valence electrons.